The van der Waals surface area contributed by atoms with Crippen molar-refractivity contribution in [3.63, 3.8) is 0 Å². The van der Waals surface area contributed by atoms with Gasteiger partial charge >= 0.3 is 5.97 Å². The summed E-state index contributed by atoms with van der Waals surface area (Å²) in [6.07, 6.45) is 0.376. The van der Waals surface area contributed by atoms with Crippen molar-refractivity contribution in [1.82, 2.24) is 5.32 Å². The maximum atomic E-state index is 12.3. The molecule has 7 nitrogen and oxygen atoms in total. The van der Waals surface area contributed by atoms with Crippen LogP contribution in [0.5, 0.6) is 5.75 Å². The molecule has 0 aromatic heterocycles. The Labute approximate surface area is 176 Å². The maximum absolute atomic E-state index is 12.3. The number of para-hydroxylation sites is 1. The van der Waals surface area contributed by atoms with Crippen LogP contribution in [-0.4, -0.2) is 39.2 Å². The predicted octanol–water partition coefficient (Wildman–Crippen LogP) is 2.92. The summed E-state index contributed by atoms with van der Waals surface area (Å²) in [5.41, 5.74) is 2.29. The monoisotopic (exact) mass is 407 g/mol. The van der Waals surface area contributed by atoms with E-state index in [1.165, 1.54) is 13.0 Å². The van der Waals surface area contributed by atoms with E-state index in [4.69, 9.17) is 9.47 Å². The number of hydrogen-bond acceptors (Lipinski definition) is 6. The number of esters is 1. The first-order valence-corrected chi connectivity index (χ1v) is 9.35. The second kappa shape index (κ2) is 10.7. The van der Waals surface area contributed by atoms with Crippen molar-refractivity contribution in [3.8, 4) is 11.8 Å². The van der Waals surface area contributed by atoms with E-state index in [1.54, 1.807) is 25.3 Å². The molecule has 0 fully saturated rings. The van der Waals surface area contributed by atoms with E-state index in [2.05, 4.69) is 5.32 Å². The minimum atomic E-state index is -1.06. The summed E-state index contributed by atoms with van der Waals surface area (Å²) in [6, 6.07) is 16.5. The lowest BCUT2D eigenvalue weighted by Gasteiger charge is -2.14. The van der Waals surface area contributed by atoms with Gasteiger partial charge in [-0.15, -0.1) is 0 Å². The Hall–Kier alpha value is -3.79. The quantitative estimate of drug-likeness (QED) is 0.411. The number of ether oxygens (including phenoxy) is 2. The molecule has 0 bridgehead atoms. The summed E-state index contributed by atoms with van der Waals surface area (Å²) in [5.74, 6) is -0.673. The van der Waals surface area contributed by atoms with Crippen LogP contribution < -0.4 is 15.0 Å². The number of benzene rings is 2. The fourth-order valence-electron chi connectivity index (χ4n) is 2.62. The Morgan fingerprint density at radius 2 is 1.83 bits per heavy atom. The van der Waals surface area contributed by atoms with Crippen LogP contribution in [-0.2, 0) is 20.9 Å². The van der Waals surface area contributed by atoms with Crippen LogP contribution in [0, 0.1) is 11.3 Å². The maximum Gasteiger partial charge on any atom is 0.349 e. The fraction of sp³-hybridized carbons (Fsp3) is 0.261. The van der Waals surface area contributed by atoms with E-state index in [0.29, 0.717) is 11.3 Å². The summed E-state index contributed by atoms with van der Waals surface area (Å²) in [5, 5.41) is 12.0. The van der Waals surface area contributed by atoms with Crippen LogP contribution in [0.3, 0.4) is 0 Å². The average Bonchev–Trinajstić information content (AvgIpc) is 2.75. The van der Waals surface area contributed by atoms with E-state index in [9.17, 15) is 14.9 Å². The average molecular weight is 407 g/mol. The van der Waals surface area contributed by atoms with Crippen LogP contribution in [0.15, 0.2) is 54.1 Å². The molecule has 0 saturated heterocycles. The standard InChI is InChI=1S/C23H25N3O4/c1-16(22(27)25-15-18-7-5-6-8-21(18)29-4)30-23(28)19(14-24)13-17-9-11-20(12-10-17)26(2)3/h5-13,16H,15H2,1-4H3,(H,25,27)/b19-13+/t16-/m1/s1. The highest BCUT2D eigenvalue weighted by atomic mass is 16.5. The first kappa shape index (κ1) is 22.5. The molecule has 0 spiro atoms. The van der Waals surface area contributed by atoms with Gasteiger partial charge in [0.05, 0.1) is 7.11 Å². The van der Waals surface area contributed by atoms with E-state index < -0.39 is 18.0 Å². The summed E-state index contributed by atoms with van der Waals surface area (Å²) < 4.78 is 10.4. The lowest BCUT2D eigenvalue weighted by atomic mass is 10.1. The van der Waals surface area contributed by atoms with Gasteiger partial charge in [0.1, 0.15) is 17.4 Å². The lowest BCUT2D eigenvalue weighted by Crippen LogP contribution is -2.35. The van der Waals surface area contributed by atoms with Crippen LogP contribution in [0.2, 0.25) is 0 Å². The van der Waals surface area contributed by atoms with Gasteiger partial charge in [-0.05, 0) is 36.8 Å². The molecule has 1 N–H and O–H groups in total. The molecule has 2 aromatic carbocycles. The van der Waals surface area contributed by atoms with Crippen LogP contribution >= 0.6 is 0 Å². The van der Waals surface area contributed by atoms with E-state index in [0.717, 1.165) is 11.3 Å². The van der Waals surface area contributed by atoms with Crippen molar-refractivity contribution in [2.75, 3.05) is 26.1 Å². The van der Waals surface area contributed by atoms with Crippen LogP contribution in [0.25, 0.3) is 6.08 Å². The molecule has 0 aliphatic rings. The molecule has 2 rings (SSSR count). The Bertz CT molecular complexity index is 959. The highest BCUT2D eigenvalue weighted by molar-refractivity contribution is 5.99. The number of carbonyl (C=O) groups is 2. The zero-order valence-electron chi connectivity index (χ0n) is 17.5. The molecule has 1 atom stereocenters. The van der Waals surface area contributed by atoms with Gasteiger partial charge in [-0.25, -0.2) is 4.79 Å². The molecule has 0 radical (unpaired) electrons. The highest BCUT2D eigenvalue weighted by Gasteiger charge is 2.20. The number of methoxy groups -OCH3 is 1. The number of nitrogens with one attached hydrogen (secondary N) is 1. The molecule has 30 heavy (non-hydrogen) atoms. The largest absolute Gasteiger partial charge is 0.496 e. The molecule has 7 heteroatoms. The zero-order chi connectivity index (χ0) is 22.1. The zero-order valence-corrected chi connectivity index (χ0v) is 17.5. The van der Waals surface area contributed by atoms with Crippen LogP contribution in [0.4, 0.5) is 5.69 Å². The molecule has 156 valence electrons. The molecule has 0 heterocycles. The SMILES string of the molecule is COc1ccccc1CNC(=O)[C@@H](C)OC(=O)/C(C#N)=C/c1ccc(N(C)C)cc1. The molecule has 1 amide bonds. The van der Waals surface area contributed by atoms with Crippen molar-refractivity contribution in [2.24, 2.45) is 0 Å². The molecular weight excluding hydrogens is 382 g/mol. The number of amides is 1. The van der Waals surface area contributed by atoms with Gasteiger partial charge in [-0.2, -0.15) is 5.26 Å². The van der Waals surface area contributed by atoms with Crippen molar-refractivity contribution < 1.29 is 19.1 Å². The molecule has 0 unspecified atom stereocenters. The topological polar surface area (TPSA) is 91.7 Å². The smallest absolute Gasteiger partial charge is 0.349 e. The molecule has 0 aliphatic heterocycles. The minimum Gasteiger partial charge on any atom is -0.496 e. The highest BCUT2D eigenvalue weighted by Crippen LogP contribution is 2.17. The summed E-state index contributed by atoms with van der Waals surface area (Å²) >= 11 is 0. The number of nitrogens with zero attached hydrogens (tertiary/aromatic N) is 2. The second-order valence-corrected chi connectivity index (χ2v) is 6.73. The normalized spacial score (nSPS) is 11.8. The Balaban J connectivity index is 1.98. The third-order valence-corrected chi connectivity index (χ3v) is 4.36. The lowest BCUT2D eigenvalue weighted by molar-refractivity contribution is -0.150. The summed E-state index contributed by atoms with van der Waals surface area (Å²) in [4.78, 5) is 26.6. The third-order valence-electron chi connectivity index (χ3n) is 4.36. The molecule has 0 aliphatic carbocycles. The predicted molar refractivity (Wildman–Crippen MR) is 115 cm³/mol. The van der Waals surface area contributed by atoms with E-state index in [1.807, 2.05) is 55.4 Å². The molecule has 2 aromatic rings. The Kier molecular flexibility index (Phi) is 8.00. The van der Waals surface area contributed by atoms with Crippen molar-refractivity contribution >= 4 is 23.6 Å². The van der Waals surface area contributed by atoms with Gasteiger partial charge in [0, 0.05) is 31.9 Å². The summed E-state index contributed by atoms with van der Waals surface area (Å²) in [6.45, 7) is 1.68. The van der Waals surface area contributed by atoms with Gasteiger partial charge in [-0.3, -0.25) is 4.79 Å². The third kappa shape index (κ3) is 6.11. The van der Waals surface area contributed by atoms with Gasteiger partial charge < -0.3 is 19.7 Å². The van der Waals surface area contributed by atoms with Crippen molar-refractivity contribution in [1.29, 1.82) is 5.26 Å². The summed E-state index contributed by atoms with van der Waals surface area (Å²) in [7, 11) is 5.39. The van der Waals surface area contributed by atoms with Crippen molar-refractivity contribution in [2.45, 2.75) is 19.6 Å². The Morgan fingerprint density at radius 3 is 2.43 bits per heavy atom. The number of rotatable bonds is 8. The van der Waals surface area contributed by atoms with Gasteiger partial charge in [-0.1, -0.05) is 30.3 Å². The first-order chi connectivity index (χ1) is 14.3. The second-order valence-electron chi connectivity index (χ2n) is 6.73. The number of nitriles is 1. The minimum absolute atomic E-state index is 0.183. The Morgan fingerprint density at radius 1 is 1.17 bits per heavy atom. The number of anilines is 1. The number of carbonyl (C=O) groups excluding carboxylic acids is 2. The fourth-order valence-corrected chi connectivity index (χ4v) is 2.62. The van der Waals surface area contributed by atoms with E-state index in [-0.39, 0.29) is 12.1 Å². The van der Waals surface area contributed by atoms with Crippen LogP contribution in [0.1, 0.15) is 18.1 Å². The number of hydrogen-bond donors (Lipinski definition) is 1. The first-order valence-electron chi connectivity index (χ1n) is 9.35. The van der Waals surface area contributed by atoms with Gasteiger partial charge in [0.2, 0.25) is 0 Å². The van der Waals surface area contributed by atoms with Crippen molar-refractivity contribution in [3.05, 3.63) is 65.2 Å². The van der Waals surface area contributed by atoms with E-state index >= 15 is 0 Å². The van der Waals surface area contributed by atoms with Gasteiger partial charge in [0.25, 0.3) is 5.91 Å². The molecular formula is C23H25N3O4. The molecule has 0 saturated carbocycles. The van der Waals surface area contributed by atoms with Gasteiger partial charge in [0.15, 0.2) is 6.10 Å².